The van der Waals surface area contributed by atoms with Crippen molar-refractivity contribution in [3.8, 4) is 5.69 Å². The van der Waals surface area contributed by atoms with E-state index in [1.807, 2.05) is 48.1 Å². The minimum Gasteiger partial charge on any atom is -0.444 e. The summed E-state index contributed by atoms with van der Waals surface area (Å²) in [7, 11) is -3.93. The zero-order valence-corrected chi connectivity index (χ0v) is 32.0. The lowest BCUT2D eigenvalue weighted by molar-refractivity contribution is -0.143. The second-order valence-electron chi connectivity index (χ2n) is 16.1. The number of aryl methyl sites for hydroxylation is 1. The van der Waals surface area contributed by atoms with Gasteiger partial charge in [-0.05, 0) is 82.2 Å². The monoisotopic (exact) mass is 754 g/mol. The van der Waals surface area contributed by atoms with Crippen LogP contribution in [0.2, 0.25) is 0 Å². The zero-order chi connectivity index (χ0) is 39.1. The molecule has 3 fully saturated rings. The van der Waals surface area contributed by atoms with E-state index in [0.717, 1.165) is 5.56 Å². The molecule has 5 rings (SSSR count). The zero-order valence-electron chi connectivity index (χ0n) is 31.2. The van der Waals surface area contributed by atoms with Gasteiger partial charge in [-0.25, -0.2) is 18.0 Å². The molecule has 16 heteroatoms. The van der Waals surface area contributed by atoms with Crippen LogP contribution in [0.15, 0.2) is 55.4 Å². The van der Waals surface area contributed by atoms with Gasteiger partial charge in [-0.2, -0.15) is 0 Å². The molecule has 53 heavy (non-hydrogen) atoms. The number of benzene rings is 1. The van der Waals surface area contributed by atoms with Crippen LogP contribution < -0.4 is 20.7 Å². The van der Waals surface area contributed by atoms with E-state index >= 15 is 0 Å². The SMILES string of the molecule is C=CC1CC1(NC(=O)[C@H]1C[C@@H](OC(=O)Nc2cc(C)ccc2-n2cccc2)CN1C(=O)[C@@H](NC(=O)OC(C)(C)C)C(C)(C)C)C(=O)NS(=O)(=O)C1CC1. The highest BCUT2D eigenvalue weighted by Gasteiger charge is 2.62. The average Bonchev–Trinajstić information content (AvgIpc) is 3.91. The molecule has 2 unspecified atom stereocenters. The molecule has 1 aromatic heterocycles. The quantitative estimate of drug-likeness (QED) is 0.246. The standard InChI is InChI=1S/C37H50N6O9S/c1-9-23-20-37(23,32(46)41-53(49,50)25-13-14-25)40-30(44)28-19-24(21-43(28)31(45)29(35(3,4)5)39-34(48)52-36(6,7)8)51-33(47)38-26-18-22(2)12-15-27(26)42-16-10-11-17-42/h9-12,15-18,23-25,28-29H,1,13-14,19-21H2,2-8H3,(H,38,47)(H,39,48)(H,40,44)(H,41,46)/t23?,24-,28-,29-,37?/m1/s1. The Morgan fingerprint density at radius 3 is 2.25 bits per heavy atom. The van der Waals surface area contributed by atoms with Crippen molar-refractivity contribution in [3.63, 3.8) is 0 Å². The summed E-state index contributed by atoms with van der Waals surface area (Å²) in [5.74, 6) is -2.85. The topological polar surface area (TPSA) is 194 Å². The minimum atomic E-state index is -3.93. The Bertz CT molecular complexity index is 1880. The first-order valence-corrected chi connectivity index (χ1v) is 19.2. The molecule has 4 N–H and O–H groups in total. The Kier molecular flexibility index (Phi) is 10.8. The summed E-state index contributed by atoms with van der Waals surface area (Å²) < 4.78 is 40.5. The third-order valence-corrected chi connectivity index (χ3v) is 11.2. The first kappa shape index (κ1) is 39.3. The molecule has 0 bridgehead atoms. The van der Waals surface area contributed by atoms with Crippen LogP contribution in [0.4, 0.5) is 15.3 Å². The summed E-state index contributed by atoms with van der Waals surface area (Å²) in [5.41, 5.74) is -1.29. The van der Waals surface area contributed by atoms with Crippen molar-refractivity contribution in [2.75, 3.05) is 11.9 Å². The van der Waals surface area contributed by atoms with E-state index in [9.17, 15) is 32.4 Å². The third kappa shape index (κ3) is 9.21. The molecule has 0 radical (unpaired) electrons. The average molecular weight is 755 g/mol. The lowest BCUT2D eigenvalue weighted by atomic mass is 9.85. The van der Waals surface area contributed by atoms with Crippen molar-refractivity contribution >= 4 is 45.6 Å². The van der Waals surface area contributed by atoms with Crippen molar-refractivity contribution in [2.45, 2.75) is 109 Å². The molecule has 2 heterocycles. The number of anilines is 1. The molecular formula is C37H50N6O9S. The highest BCUT2D eigenvalue weighted by atomic mass is 32.2. The number of nitrogens with one attached hydrogen (secondary N) is 4. The number of carbonyl (C=O) groups is 5. The molecule has 2 saturated carbocycles. The second-order valence-corrected chi connectivity index (χ2v) is 18.1. The Balaban J connectivity index is 1.40. The third-order valence-electron chi connectivity index (χ3n) is 9.42. The highest BCUT2D eigenvalue weighted by Crippen LogP contribution is 2.45. The summed E-state index contributed by atoms with van der Waals surface area (Å²) in [6.45, 7) is 15.7. The number of likely N-dealkylation sites (tertiary alicyclic amines) is 1. The predicted octanol–water partition coefficient (Wildman–Crippen LogP) is 3.91. The van der Waals surface area contributed by atoms with Crippen LogP contribution in [0.25, 0.3) is 5.69 Å². The maximum atomic E-state index is 14.4. The van der Waals surface area contributed by atoms with Gasteiger partial charge in [0.2, 0.25) is 21.8 Å². The molecule has 1 aromatic carbocycles. The second kappa shape index (κ2) is 14.5. The number of carbonyl (C=O) groups excluding carboxylic acids is 5. The highest BCUT2D eigenvalue weighted by molar-refractivity contribution is 7.91. The molecule has 2 aliphatic carbocycles. The van der Waals surface area contributed by atoms with Gasteiger partial charge in [-0.1, -0.05) is 32.9 Å². The van der Waals surface area contributed by atoms with Crippen LogP contribution in [0.1, 0.15) is 72.8 Å². The Hall–Kier alpha value is -4.86. The van der Waals surface area contributed by atoms with Crippen LogP contribution in [-0.4, -0.2) is 88.9 Å². The first-order valence-electron chi connectivity index (χ1n) is 17.7. The van der Waals surface area contributed by atoms with E-state index in [4.69, 9.17) is 9.47 Å². The van der Waals surface area contributed by atoms with Gasteiger partial charge in [0.05, 0.1) is 23.2 Å². The Morgan fingerprint density at radius 1 is 1.02 bits per heavy atom. The number of amides is 5. The van der Waals surface area contributed by atoms with E-state index in [2.05, 4.69) is 27.3 Å². The molecule has 5 amide bonds. The smallest absolute Gasteiger partial charge is 0.412 e. The molecular weight excluding hydrogens is 705 g/mol. The maximum Gasteiger partial charge on any atom is 0.412 e. The number of alkyl carbamates (subject to hydrolysis) is 1. The minimum absolute atomic E-state index is 0.0995. The normalized spacial score (nSPS) is 23.3. The van der Waals surface area contributed by atoms with Crippen molar-refractivity contribution in [1.82, 2.24) is 24.8 Å². The van der Waals surface area contributed by atoms with E-state index in [1.165, 1.54) is 11.0 Å². The molecule has 0 spiro atoms. The Morgan fingerprint density at radius 2 is 1.68 bits per heavy atom. The van der Waals surface area contributed by atoms with Gasteiger partial charge in [-0.15, -0.1) is 6.58 Å². The van der Waals surface area contributed by atoms with Gasteiger partial charge < -0.3 is 29.6 Å². The van der Waals surface area contributed by atoms with Gasteiger partial charge in [-0.3, -0.25) is 24.4 Å². The lowest BCUT2D eigenvalue weighted by Crippen LogP contribution is -2.60. The molecule has 1 saturated heterocycles. The van der Waals surface area contributed by atoms with Crippen molar-refractivity contribution in [3.05, 3.63) is 60.9 Å². The molecule has 2 aromatic rings. The molecule has 288 valence electrons. The van der Waals surface area contributed by atoms with Crippen LogP contribution in [0.3, 0.4) is 0 Å². The fourth-order valence-corrected chi connectivity index (χ4v) is 7.76. The van der Waals surface area contributed by atoms with Gasteiger partial charge in [0.25, 0.3) is 5.91 Å². The largest absolute Gasteiger partial charge is 0.444 e. The van der Waals surface area contributed by atoms with Crippen LogP contribution in [0, 0.1) is 18.3 Å². The maximum absolute atomic E-state index is 14.4. The number of nitrogens with zero attached hydrogens (tertiary/aromatic N) is 2. The lowest BCUT2D eigenvalue weighted by Gasteiger charge is -2.36. The van der Waals surface area contributed by atoms with Gasteiger partial charge in [0.15, 0.2) is 0 Å². The van der Waals surface area contributed by atoms with E-state index in [1.54, 1.807) is 47.6 Å². The first-order chi connectivity index (χ1) is 24.6. The molecule has 3 aliphatic rings. The number of hydrogen-bond acceptors (Lipinski definition) is 9. The molecule has 15 nitrogen and oxygen atoms in total. The number of ether oxygens (including phenoxy) is 2. The summed E-state index contributed by atoms with van der Waals surface area (Å²) in [4.78, 5) is 69.5. The summed E-state index contributed by atoms with van der Waals surface area (Å²) in [6, 6.07) is 6.78. The van der Waals surface area contributed by atoms with Crippen LogP contribution in [0.5, 0.6) is 0 Å². The van der Waals surface area contributed by atoms with Crippen molar-refractivity contribution < 1.29 is 41.9 Å². The summed E-state index contributed by atoms with van der Waals surface area (Å²) in [5, 5.41) is 7.48. The summed E-state index contributed by atoms with van der Waals surface area (Å²) in [6.07, 6.45) is 3.30. The fraction of sp³-hybridized carbons (Fsp3) is 0.541. The van der Waals surface area contributed by atoms with Crippen LogP contribution >= 0.6 is 0 Å². The molecule has 5 atom stereocenters. The number of rotatable bonds is 11. The Labute approximate surface area is 310 Å². The van der Waals surface area contributed by atoms with Crippen LogP contribution in [-0.2, 0) is 33.9 Å². The van der Waals surface area contributed by atoms with Gasteiger partial charge >= 0.3 is 12.2 Å². The van der Waals surface area contributed by atoms with E-state index in [-0.39, 0.29) is 19.4 Å². The van der Waals surface area contributed by atoms with Crippen molar-refractivity contribution in [1.29, 1.82) is 0 Å². The number of hydrogen-bond donors (Lipinski definition) is 4. The van der Waals surface area contributed by atoms with Crippen molar-refractivity contribution in [2.24, 2.45) is 11.3 Å². The van der Waals surface area contributed by atoms with E-state index < -0.39 is 85.8 Å². The number of aromatic nitrogens is 1. The summed E-state index contributed by atoms with van der Waals surface area (Å²) >= 11 is 0. The fourth-order valence-electron chi connectivity index (χ4n) is 6.40. The number of sulfonamides is 1. The van der Waals surface area contributed by atoms with E-state index in [0.29, 0.717) is 24.2 Å². The van der Waals surface area contributed by atoms with Gasteiger partial charge in [0, 0.05) is 24.7 Å². The molecule has 1 aliphatic heterocycles. The van der Waals surface area contributed by atoms with Gasteiger partial charge in [0.1, 0.15) is 29.3 Å². The predicted molar refractivity (Wildman–Crippen MR) is 196 cm³/mol.